The summed E-state index contributed by atoms with van der Waals surface area (Å²) in [5, 5.41) is 0. The van der Waals surface area contributed by atoms with E-state index in [1.54, 1.807) is 0 Å². The molecular formula is C17H23FNO3. The van der Waals surface area contributed by atoms with Crippen molar-refractivity contribution in [1.82, 2.24) is 4.90 Å². The summed E-state index contributed by atoms with van der Waals surface area (Å²) in [6.07, 6.45) is 3.08. The number of rotatable bonds is 7. The minimum atomic E-state index is -0.205. The lowest BCUT2D eigenvalue weighted by molar-refractivity contribution is 0.0647. The highest BCUT2D eigenvalue weighted by atomic mass is 19.1. The van der Waals surface area contributed by atoms with Gasteiger partial charge >= 0.3 is 0 Å². The van der Waals surface area contributed by atoms with E-state index in [0.29, 0.717) is 13.2 Å². The molecule has 2 aliphatic heterocycles. The van der Waals surface area contributed by atoms with Crippen LogP contribution < -0.4 is 9.47 Å². The highest BCUT2D eigenvalue weighted by Gasteiger charge is 2.25. The number of hydrogen-bond acceptors (Lipinski definition) is 4. The first-order valence-electron chi connectivity index (χ1n) is 7.92. The summed E-state index contributed by atoms with van der Waals surface area (Å²) in [6.45, 7) is 4.40. The van der Waals surface area contributed by atoms with E-state index in [-0.39, 0.29) is 18.7 Å². The predicted octanol–water partition coefficient (Wildman–Crippen LogP) is 2.34. The smallest absolute Gasteiger partial charge is 0.120 e. The number of benzene rings is 1. The maximum atomic E-state index is 12.3. The molecule has 1 unspecified atom stereocenters. The lowest BCUT2D eigenvalue weighted by atomic mass is 10.0. The number of nitrogens with zero attached hydrogens (tertiary/aromatic N) is 1. The van der Waals surface area contributed by atoms with Crippen LogP contribution in [0, 0.1) is 12.3 Å². The zero-order valence-electron chi connectivity index (χ0n) is 12.7. The summed E-state index contributed by atoms with van der Waals surface area (Å²) in [5.74, 6) is 1.92. The van der Waals surface area contributed by atoms with E-state index in [0.717, 1.165) is 44.2 Å². The Bertz CT molecular complexity index is 442. The van der Waals surface area contributed by atoms with Crippen molar-refractivity contribution in [1.29, 1.82) is 0 Å². The Hall–Kier alpha value is -1.33. The Morgan fingerprint density at radius 2 is 1.95 bits per heavy atom. The second-order valence-electron chi connectivity index (χ2n) is 5.86. The standard InChI is InChI=1S/C17H23FNO3/c18-11-14-12-19(13-14)7-10-21-15-1-3-16(4-2-15)22-17-5-8-20-9-6-17/h1-5,14,17H,6-13H2. The lowest BCUT2D eigenvalue weighted by Crippen LogP contribution is -2.49. The highest BCUT2D eigenvalue weighted by molar-refractivity contribution is 5.31. The molecule has 0 saturated carbocycles. The van der Waals surface area contributed by atoms with Gasteiger partial charge in [-0.3, -0.25) is 9.29 Å². The van der Waals surface area contributed by atoms with Crippen LogP contribution in [0.2, 0.25) is 0 Å². The first-order chi connectivity index (χ1) is 10.8. The third-order valence-corrected chi connectivity index (χ3v) is 4.06. The van der Waals surface area contributed by atoms with Gasteiger partial charge in [0.1, 0.15) is 24.2 Å². The van der Waals surface area contributed by atoms with Crippen molar-refractivity contribution < 1.29 is 18.6 Å². The summed E-state index contributed by atoms with van der Waals surface area (Å²) in [5.41, 5.74) is 0. The number of ether oxygens (including phenoxy) is 3. The minimum Gasteiger partial charge on any atom is -0.492 e. The molecule has 0 N–H and O–H groups in total. The molecule has 22 heavy (non-hydrogen) atoms. The zero-order valence-corrected chi connectivity index (χ0v) is 12.7. The van der Waals surface area contributed by atoms with Gasteiger partial charge in [-0.1, -0.05) is 0 Å². The van der Waals surface area contributed by atoms with E-state index in [9.17, 15) is 4.39 Å². The van der Waals surface area contributed by atoms with Gasteiger partial charge in [-0.2, -0.15) is 0 Å². The molecule has 2 aliphatic rings. The molecule has 0 bridgehead atoms. The third kappa shape index (κ3) is 4.34. The zero-order chi connectivity index (χ0) is 15.2. The molecule has 0 aromatic heterocycles. The van der Waals surface area contributed by atoms with Gasteiger partial charge in [-0.25, -0.2) is 0 Å². The van der Waals surface area contributed by atoms with E-state index < -0.39 is 0 Å². The fourth-order valence-corrected chi connectivity index (χ4v) is 2.72. The lowest BCUT2D eigenvalue weighted by Gasteiger charge is -2.37. The van der Waals surface area contributed by atoms with Crippen molar-refractivity contribution in [2.24, 2.45) is 5.92 Å². The average Bonchev–Trinajstić information content (AvgIpc) is 2.52. The molecule has 3 rings (SSSR count). The largest absolute Gasteiger partial charge is 0.492 e. The van der Waals surface area contributed by atoms with Gasteiger partial charge in [-0.15, -0.1) is 0 Å². The molecule has 121 valence electrons. The van der Waals surface area contributed by atoms with Crippen LogP contribution >= 0.6 is 0 Å². The fourth-order valence-electron chi connectivity index (χ4n) is 2.72. The maximum Gasteiger partial charge on any atom is 0.120 e. The second kappa shape index (κ2) is 7.79. The molecule has 1 radical (unpaired) electrons. The van der Waals surface area contributed by atoms with Crippen molar-refractivity contribution in [2.75, 3.05) is 46.1 Å². The third-order valence-electron chi connectivity index (χ3n) is 4.06. The van der Waals surface area contributed by atoms with E-state index in [1.807, 2.05) is 30.7 Å². The summed E-state index contributed by atoms with van der Waals surface area (Å²) in [7, 11) is 0. The van der Waals surface area contributed by atoms with Gasteiger partial charge < -0.3 is 14.2 Å². The monoisotopic (exact) mass is 308 g/mol. The van der Waals surface area contributed by atoms with Crippen LogP contribution in [0.3, 0.4) is 0 Å². The van der Waals surface area contributed by atoms with Crippen molar-refractivity contribution >= 4 is 0 Å². The van der Waals surface area contributed by atoms with Crippen molar-refractivity contribution in [3.63, 3.8) is 0 Å². The van der Waals surface area contributed by atoms with Crippen LogP contribution in [0.15, 0.2) is 24.3 Å². The van der Waals surface area contributed by atoms with Crippen molar-refractivity contribution in [3.05, 3.63) is 30.7 Å². The molecule has 5 heteroatoms. The maximum absolute atomic E-state index is 12.3. The molecule has 1 aromatic carbocycles. The second-order valence-corrected chi connectivity index (χ2v) is 5.86. The highest BCUT2D eigenvalue weighted by Crippen LogP contribution is 2.21. The molecule has 0 amide bonds. The van der Waals surface area contributed by atoms with E-state index in [2.05, 4.69) is 4.90 Å². The topological polar surface area (TPSA) is 30.9 Å². The van der Waals surface area contributed by atoms with Crippen LogP contribution in [-0.2, 0) is 4.74 Å². The van der Waals surface area contributed by atoms with Crippen LogP contribution in [0.1, 0.15) is 6.42 Å². The molecule has 0 spiro atoms. The van der Waals surface area contributed by atoms with E-state index >= 15 is 0 Å². The van der Waals surface area contributed by atoms with Crippen molar-refractivity contribution in [3.8, 4) is 11.5 Å². The Kier molecular flexibility index (Phi) is 5.51. The normalized spacial score (nSPS) is 20.6. The Balaban J connectivity index is 1.36. The van der Waals surface area contributed by atoms with Crippen LogP contribution in [0.4, 0.5) is 4.39 Å². The molecule has 2 saturated heterocycles. The Morgan fingerprint density at radius 3 is 2.64 bits per heavy atom. The van der Waals surface area contributed by atoms with E-state index in [1.165, 1.54) is 0 Å². The van der Waals surface area contributed by atoms with Crippen LogP contribution in [-0.4, -0.2) is 57.1 Å². The minimum absolute atomic E-state index is 0.135. The Labute approximate surface area is 131 Å². The van der Waals surface area contributed by atoms with Crippen molar-refractivity contribution in [2.45, 2.75) is 12.5 Å². The molecule has 0 aliphatic carbocycles. The first kappa shape index (κ1) is 15.6. The molecule has 1 aromatic rings. The molecule has 2 fully saturated rings. The number of hydrogen-bond donors (Lipinski definition) is 0. The molecule has 1 atom stereocenters. The molecule has 2 heterocycles. The van der Waals surface area contributed by atoms with Gasteiger partial charge in [-0.05, 0) is 24.3 Å². The van der Waals surface area contributed by atoms with Gasteiger partial charge in [0.15, 0.2) is 0 Å². The van der Waals surface area contributed by atoms with Gasteiger partial charge in [0.25, 0.3) is 0 Å². The first-order valence-corrected chi connectivity index (χ1v) is 7.92. The van der Waals surface area contributed by atoms with Gasteiger partial charge in [0.05, 0.1) is 19.9 Å². The number of likely N-dealkylation sites (tertiary alicyclic amines) is 1. The quantitative estimate of drug-likeness (QED) is 0.773. The van der Waals surface area contributed by atoms with E-state index in [4.69, 9.17) is 14.2 Å². The van der Waals surface area contributed by atoms with Gasteiger partial charge in [0.2, 0.25) is 0 Å². The summed E-state index contributed by atoms with van der Waals surface area (Å²) >= 11 is 0. The van der Waals surface area contributed by atoms with Crippen LogP contribution in [0.5, 0.6) is 11.5 Å². The summed E-state index contributed by atoms with van der Waals surface area (Å²) in [6, 6.07) is 7.72. The average molecular weight is 308 g/mol. The summed E-state index contributed by atoms with van der Waals surface area (Å²) in [4.78, 5) is 2.21. The SMILES string of the molecule is FCC1CN(CCOc2ccc(OC3[CH]COCC3)cc2)C1. The fraction of sp³-hybridized carbons (Fsp3) is 0.588. The number of halogens is 1. The Morgan fingerprint density at radius 1 is 1.18 bits per heavy atom. The van der Waals surface area contributed by atoms with Crippen LogP contribution in [0.25, 0.3) is 0 Å². The predicted molar refractivity (Wildman–Crippen MR) is 82.0 cm³/mol. The summed E-state index contributed by atoms with van der Waals surface area (Å²) < 4.78 is 29.2. The number of alkyl halides is 1. The molecular weight excluding hydrogens is 285 g/mol. The molecule has 4 nitrogen and oxygen atoms in total. The van der Waals surface area contributed by atoms with Gasteiger partial charge in [0, 0.05) is 38.4 Å².